The van der Waals surface area contributed by atoms with Crippen LogP contribution in [0.3, 0.4) is 0 Å². The van der Waals surface area contributed by atoms with E-state index in [4.69, 9.17) is 10.9 Å². The highest BCUT2D eigenvalue weighted by Crippen LogP contribution is 2.27. The fourth-order valence-corrected chi connectivity index (χ4v) is 1.55. The van der Waals surface area contributed by atoms with Gasteiger partial charge >= 0.3 is 5.97 Å². The molecule has 0 aliphatic carbocycles. The van der Waals surface area contributed by atoms with Gasteiger partial charge in [-0.2, -0.15) is 0 Å². The number of methoxy groups -OCH3 is 1. The van der Waals surface area contributed by atoms with Crippen molar-refractivity contribution in [2.45, 2.75) is 26.4 Å². The molecule has 1 aromatic heterocycles. The second kappa shape index (κ2) is 4.91. The van der Waals surface area contributed by atoms with Crippen molar-refractivity contribution in [2.75, 3.05) is 12.8 Å². The summed E-state index contributed by atoms with van der Waals surface area (Å²) < 4.78 is 17.8. The second-order valence-electron chi connectivity index (χ2n) is 4.38. The molecule has 0 spiro atoms. The zero-order chi connectivity index (χ0) is 13.9. The number of anilines is 1. The average molecular weight is 304 g/mol. The van der Waals surface area contributed by atoms with E-state index in [0.29, 0.717) is 10.4 Å². The number of halogens is 1. The molecular formula is C11H15BrN2O3. The number of rotatable bonds is 3. The molecule has 0 radical (unpaired) electrons. The van der Waals surface area contributed by atoms with Crippen LogP contribution >= 0.6 is 15.9 Å². The first-order valence-corrected chi connectivity index (χ1v) is 5.73. The lowest BCUT2D eigenvalue weighted by molar-refractivity contribution is 0.00640. The van der Waals surface area contributed by atoms with Crippen LogP contribution in [-0.2, 0) is 4.74 Å². The van der Waals surface area contributed by atoms with Crippen molar-refractivity contribution >= 4 is 27.6 Å². The lowest BCUT2D eigenvalue weighted by Crippen LogP contribution is -2.25. The summed E-state index contributed by atoms with van der Waals surface area (Å²) in [4.78, 5) is 16.0. The van der Waals surface area contributed by atoms with Crippen LogP contribution in [0.2, 0.25) is 1.41 Å². The molecule has 0 saturated carbocycles. The van der Waals surface area contributed by atoms with Gasteiger partial charge in [-0.05, 0) is 36.7 Å². The van der Waals surface area contributed by atoms with Crippen LogP contribution in [0.25, 0.3) is 0 Å². The van der Waals surface area contributed by atoms with Gasteiger partial charge in [0.1, 0.15) is 10.2 Å². The molecular weight excluding hydrogens is 288 g/mol. The Morgan fingerprint density at radius 3 is 2.71 bits per heavy atom. The first-order valence-electron chi connectivity index (χ1n) is 5.44. The number of hydrogen-bond donors (Lipinski definition) is 1. The van der Waals surface area contributed by atoms with E-state index in [2.05, 4.69) is 26.6 Å². The Labute approximate surface area is 110 Å². The zero-order valence-electron chi connectivity index (χ0n) is 11.1. The number of aromatic nitrogens is 1. The lowest BCUT2D eigenvalue weighted by Gasteiger charge is -2.19. The highest BCUT2D eigenvalue weighted by Gasteiger charge is 2.22. The molecule has 5 nitrogen and oxygen atoms in total. The minimum absolute atomic E-state index is 0.0348. The number of nitrogen functional groups attached to an aromatic ring is 1. The second-order valence-corrected chi connectivity index (χ2v) is 5.13. The maximum atomic E-state index is 11.9. The predicted octanol–water partition coefficient (Wildman–Crippen LogP) is 2.39. The van der Waals surface area contributed by atoms with Gasteiger partial charge in [-0.1, -0.05) is 0 Å². The number of carbonyl (C=O) groups is 1. The van der Waals surface area contributed by atoms with Crippen molar-refractivity contribution in [1.29, 1.82) is 0 Å². The van der Waals surface area contributed by atoms with E-state index in [9.17, 15) is 4.79 Å². The van der Waals surface area contributed by atoms with Crippen LogP contribution in [0.15, 0.2) is 10.7 Å². The minimum Gasteiger partial charge on any atom is -0.494 e. The fraction of sp³-hybridized carbons (Fsp3) is 0.455. The van der Waals surface area contributed by atoms with E-state index in [-0.39, 0.29) is 11.4 Å². The summed E-state index contributed by atoms with van der Waals surface area (Å²) >= 11 is 3.19. The molecule has 0 aliphatic rings. The van der Waals surface area contributed by atoms with Gasteiger partial charge in [-0.15, -0.1) is 0 Å². The van der Waals surface area contributed by atoms with E-state index >= 15 is 0 Å². The van der Waals surface area contributed by atoms with E-state index in [0.717, 1.165) is 0 Å². The predicted molar refractivity (Wildman–Crippen MR) is 68.1 cm³/mol. The van der Waals surface area contributed by atoms with Crippen molar-refractivity contribution in [3.05, 3.63) is 16.4 Å². The first-order chi connectivity index (χ1) is 8.28. The summed E-state index contributed by atoms with van der Waals surface area (Å²) in [7, 11) is 1.47. The van der Waals surface area contributed by atoms with Gasteiger partial charge < -0.3 is 15.2 Å². The number of ether oxygens (including phenoxy) is 2. The van der Waals surface area contributed by atoms with Crippen LogP contribution in [0.5, 0.6) is 5.75 Å². The molecule has 0 saturated heterocycles. The number of pyridine rings is 1. The molecule has 0 atom stereocenters. The van der Waals surface area contributed by atoms with E-state index in [1.165, 1.54) is 13.2 Å². The molecule has 0 amide bonds. The molecule has 1 rings (SSSR count). The van der Waals surface area contributed by atoms with E-state index in [1.54, 1.807) is 20.8 Å². The third-order valence-electron chi connectivity index (χ3n) is 1.76. The summed E-state index contributed by atoms with van der Waals surface area (Å²) in [6.07, 6.45) is 0. The summed E-state index contributed by atoms with van der Waals surface area (Å²) in [5.41, 5.74) is 1.79. The van der Waals surface area contributed by atoms with Gasteiger partial charge in [0.15, 0.2) is 12.9 Å². The van der Waals surface area contributed by atoms with Crippen LogP contribution in [-0.4, -0.2) is 23.7 Å². The molecule has 0 unspecified atom stereocenters. The summed E-state index contributed by atoms with van der Waals surface area (Å²) in [6.45, 7) is 5.28. The monoisotopic (exact) mass is 303 g/mol. The Hall–Kier alpha value is -1.30. The maximum absolute atomic E-state index is 11.9. The highest BCUT2D eigenvalue weighted by molar-refractivity contribution is 9.10. The molecule has 1 heterocycles. The summed E-state index contributed by atoms with van der Waals surface area (Å²) in [6, 6.07) is 1.50. The Bertz CT molecular complexity index is 460. The van der Waals surface area contributed by atoms with Gasteiger partial charge in [-0.3, -0.25) is 0 Å². The quantitative estimate of drug-likeness (QED) is 0.685. The Morgan fingerprint density at radius 2 is 2.24 bits per heavy atom. The van der Waals surface area contributed by atoms with Gasteiger partial charge in [0, 0.05) is 6.07 Å². The number of carbonyl (C=O) groups excluding carboxylic acids is 1. The third kappa shape index (κ3) is 3.59. The molecule has 6 heteroatoms. The lowest BCUT2D eigenvalue weighted by atomic mass is 10.2. The summed E-state index contributed by atoms with van der Waals surface area (Å²) in [5, 5.41) is 0. The Morgan fingerprint density at radius 1 is 1.59 bits per heavy atom. The van der Waals surface area contributed by atoms with Gasteiger partial charge in [-0.25, -0.2) is 9.78 Å². The number of nitrogens with zero attached hydrogens (tertiary/aromatic N) is 1. The number of esters is 1. The minimum atomic E-state index is -0.621. The smallest absolute Gasteiger partial charge is 0.359 e. The summed E-state index contributed by atoms with van der Waals surface area (Å²) in [5.74, 6) is -0.169. The Balaban J connectivity index is 3.15. The van der Waals surface area contributed by atoms with Gasteiger partial charge in [0.05, 0.1) is 12.8 Å². The van der Waals surface area contributed by atoms with Crippen molar-refractivity contribution in [3.63, 3.8) is 0 Å². The molecule has 17 heavy (non-hydrogen) atoms. The highest BCUT2D eigenvalue weighted by atomic mass is 79.9. The van der Waals surface area contributed by atoms with Crippen molar-refractivity contribution in [2.24, 2.45) is 0 Å². The van der Waals surface area contributed by atoms with Crippen molar-refractivity contribution < 1.29 is 15.7 Å². The topological polar surface area (TPSA) is 74.4 Å². The fourth-order valence-electron chi connectivity index (χ4n) is 1.10. The molecule has 0 fully saturated rings. The standard InChI is InChI=1S/C11H15BrN2O3/c1-11(2,3)17-10(15)8-6(13)5-7(16-4)9(12)14-8/h5H,13H2,1-4H3/i/hD. The Kier molecular flexibility index (Phi) is 3.51. The molecule has 1 aromatic rings. The normalized spacial score (nSPS) is 11.7. The SMILES string of the molecule is [2H]Nc1cc(OC)c(Br)nc1C(=O)OC(C)(C)C. The van der Waals surface area contributed by atoms with Crippen molar-refractivity contribution in [3.8, 4) is 5.75 Å². The molecule has 0 bridgehead atoms. The number of hydrogen-bond acceptors (Lipinski definition) is 5. The molecule has 94 valence electrons. The zero-order valence-corrected chi connectivity index (χ0v) is 11.7. The molecule has 0 aromatic carbocycles. The van der Waals surface area contributed by atoms with Gasteiger partial charge in [0.2, 0.25) is 0 Å². The first kappa shape index (κ1) is 12.2. The third-order valence-corrected chi connectivity index (χ3v) is 2.32. The number of nitrogens with two attached hydrogens (primary N) is 1. The largest absolute Gasteiger partial charge is 0.494 e. The van der Waals surface area contributed by atoms with E-state index < -0.39 is 11.6 Å². The average Bonchev–Trinajstić information content (AvgIpc) is 2.26. The van der Waals surface area contributed by atoms with Crippen LogP contribution in [0.1, 0.15) is 31.3 Å². The van der Waals surface area contributed by atoms with Crippen LogP contribution in [0, 0.1) is 0 Å². The van der Waals surface area contributed by atoms with Crippen LogP contribution < -0.4 is 10.5 Å². The van der Waals surface area contributed by atoms with Gasteiger partial charge in [0.25, 0.3) is 0 Å². The van der Waals surface area contributed by atoms with E-state index in [1.807, 2.05) is 0 Å². The molecule has 0 aliphatic heterocycles. The van der Waals surface area contributed by atoms with Crippen LogP contribution in [0.4, 0.5) is 5.69 Å². The maximum Gasteiger partial charge on any atom is 0.359 e. The van der Waals surface area contributed by atoms with Crippen molar-refractivity contribution in [1.82, 2.24) is 4.98 Å². The molecule has 2 N–H and O–H groups in total.